The Kier molecular flexibility index (Phi) is 11.5. The van der Waals surface area contributed by atoms with Gasteiger partial charge in [-0.05, 0) is 110 Å². The van der Waals surface area contributed by atoms with Crippen molar-refractivity contribution in [3.8, 4) is 28.1 Å². The highest BCUT2D eigenvalue weighted by Gasteiger charge is 2.44. The number of carbonyl (C=O) groups excluding carboxylic acids is 4. The molecular weight excluding hydrogens is 779 g/mol. The van der Waals surface area contributed by atoms with Gasteiger partial charge in [0.05, 0.1) is 50.0 Å². The number of hydrogen-bond acceptors (Lipinski definition) is 10. The summed E-state index contributed by atoms with van der Waals surface area (Å²) in [6.45, 7) is 10.0. The van der Waals surface area contributed by atoms with Crippen molar-refractivity contribution in [2.45, 2.75) is 116 Å². The Hall–Kier alpha value is -5.96. The number of ether oxygens (including phenoxy) is 4. The van der Waals surface area contributed by atoms with E-state index in [1.54, 1.807) is 18.0 Å². The normalized spacial score (nSPS) is 21.8. The van der Waals surface area contributed by atoms with E-state index < -0.39 is 30.4 Å². The quantitative estimate of drug-likeness (QED) is 0.152. The van der Waals surface area contributed by atoms with Crippen molar-refractivity contribution in [1.82, 2.24) is 30.4 Å². The Bertz CT molecular complexity index is 2410. The molecule has 2 fully saturated rings. The number of nitrogens with one attached hydrogen (secondary N) is 3. The molecule has 1 aromatic heterocycles. The van der Waals surface area contributed by atoms with E-state index in [1.807, 2.05) is 25.7 Å². The highest BCUT2D eigenvalue weighted by atomic mass is 16.5. The Morgan fingerprint density at radius 2 is 1.49 bits per heavy atom. The van der Waals surface area contributed by atoms with Crippen LogP contribution in [0, 0.1) is 5.92 Å². The maximum Gasteiger partial charge on any atom is 0.407 e. The van der Waals surface area contributed by atoms with Crippen LogP contribution in [-0.4, -0.2) is 107 Å². The molecule has 0 bridgehead atoms. The summed E-state index contributed by atoms with van der Waals surface area (Å²) in [5.41, 5.74) is 7.91. The van der Waals surface area contributed by atoms with Gasteiger partial charge in [-0.2, -0.15) is 0 Å². The summed E-state index contributed by atoms with van der Waals surface area (Å²) in [5.74, 6) is 0.998. The topological polar surface area (TPSA) is 177 Å². The lowest BCUT2D eigenvalue weighted by Crippen LogP contribution is -2.55. The molecule has 0 aliphatic carbocycles. The minimum absolute atomic E-state index is 0.0105. The molecule has 15 heteroatoms. The van der Waals surface area contributed by atoms with Crippen LogP contribution in [0.3, 0.4) is 0 Å². The molecule has 2 saturated heterocycles. The van der Waals surface area contributed by atoms with E-state index in [9.17, 15) is 19.2 Å². The molecule has 8 rings (SSSR count). The first-order valence-electron chi connectivity index (χ1n) is 21.2. The van der Waals surface area contributed by atoms with Crippen molar-refractivity contribution < 1.29 is 38.1 Å². The summed E-state index contributed by atoms with van der Waals surface area (Å²) in [7, 11) is 4.07. The van der Waals surface area contributed by atoms with Gasteiger partial charge in [-0.1, -0.05) is 32.0 Å². The standard InChI is InChI=1S/C46H55N7O8/c1-23(2)40(50-45(56)59-7)43(54)52-24(3)9-15-37(52)35-19-32-31-20-39-33(18-27(31)12-14-34(32)48-35)30-13-11-28(17-29(30)22-61-39)36-21-47-42(49-36)38-16-10-25(4)53(38)44(55)41(26(5)58-6)51-46(57)60-8/h11-14,17-18,20-21,23-26,37-38,40-41H,9-10,15-16,19,22H2,1-8H3,(H,47,49)(H,50,56)(H,51,57)/t24-,25-,26+,37-,38-,40-,41-/m0/s1. The number of aromatic amines is 1. The van der Waals surface area contributed by atoms with E-state index in [1.165, 1.54) is 21.3 Å². The van der Waals surface area contributed by atoms with Gasteiger partial charge in [0.25, 0.3) is 0 Å². The van der Waals surface area contributed by atoms with Crippen molar-refractivity contribution in [3.63, 3.8) is 0 Å². The zero-order chi connectivity index (χ0) is 43.3. The summed E-state index contributed by atoms with van der Waals surface area (Å²) in [4.78, 5) is 69.3. The molecule has 4 aliphatic heterocycles. The highest BCUT2D eigenvalue weighted by Crippen LogP contribution is 2.45. The predicted molar refractivity (Wildman–Crippen MR) is 230 cm³/mol. The van der Waals surface area contributed by atoms with Crippen LogP contribution in [0.5, 0.6) is 5.75 Å². The summed E-state index contributed by atoms with van der Waals surface area (Å²) in [6, 6.07) is 12.7. The van der Waals surface area contributed by atoms with Gasteiger partial charge < -0.3 is 44.4 Å². The minimum Gasteiger partial charge on any atom is -0.488 e. The van der Waals surface area contributed by atoms with Crippen LogP contribution in [0.25, 0.3) is 33.2 Å². The molecule has 0 unspecified atom stereocenters. The predicted octanol–water partition coefficient (Wildman–Crippen LogP) is 6.99. The average Bonchev–Trinajstić information content (AvgIpc) is 4.08. The van der Waals surface area contributed by atoms with Gasteiger partial charge in [0.15, 0.2) is 0 Å². The lowest BCUT2D eigenvalue weighted by molar-refractivity contribution is -0.139. The van der Waals surface area contributed by atoms with Crippen LogP contribution < -0.4 is 15.4 Å². The van der Waals surface area contributed by atoms with Gasteiger partial charge in [0.2, 0.25) is 11.8 Å². The molecule has 4 aromatic rings. The lowest BCUT2D eigenvalue weighted by atomic mass is 9.90. The number of hydrogen-bond donors (Lipinski definition) is 3. The number of alkyl carbamates (subject to hydrolysis) is 2. The number of H-pyrrole nitrogens is 1. The van der Waals surface area contributed by atoms with Gasteiger partial charge >= 0.3 is 12.2 Å². The fourth-order valence-corrected chi connectivity index (χ4v) is 9.57. The van der Waals surface area contributed by atoms with E-state index >= 15 is 0 Å². The molecule has 3 aromatic carbocycles. The summed E-state index contributed by atoms with van der Waals surface area (Å²) in [5, 5.41) is 7.57. The summed E-state index contributed by atoms with van der Waals surface area (Å²) < 4.78 is 21.5. The number of imidazole rings is 1. The number of likely N-dealkylation sites (tertiary alicyclic amines) is 2. The maximum atomic E-state index is 14.0. The highest BCUT2D eigenvalue weighted by molar-refractivity contribution is 6.06. The SMILES string of the molecule is COC(=O)N[C@H](C(=O)N1[C@@H](C)CC[C@H]1C1=Nc2ccc3cc4c(cc3c2C1)OCc1cc(-c2cnc([C@@H]3CC[C@H](C)N3C(=O)[C@@H](NC(=O)OC)[C@@H](C)OC)[nH]2)ccc1-4)C(C)C. The van der Waals surface area contributed by atoms with Gasteiger partial charge in [-0.25, -0.2) is 14.6 Å². The molecule has 4 aliphatic rings. The molecule has 15 nitrogen and oxygen atoms in total. The van der Waals surface area contributed by atoms with Crippen molar-refractivity contribution in [2.24, 2.45) is 10.9 Å². The average molecular weight is 834 g/mol. The monoisotopic (exact) mass is 833 g/mol. The molecule has 0 saturated carbocycles. The van der Waals surface area contributed by atoms with E-state index in [0.29, 0.717) is 18.9 Å². The Morgan fingerprint density at radius 3 is 2.18 bits per heavy atom. The van der Waals surface area contributed by atoms with Crippen molar-refractivity contribution in [3.05, 3.63) is 65.6 Å². The van der Waals surface area contributed by atoms with Gasteiger partial charge in [-0.3, -0.25) is 14.6 Å². The van der Waals surface area contributed by atoms with Crippen LogP contribution in [-0.2, 0) is 36.8 Å². The van der Waals surface area contributed by atoms with Gasteiger partial charge in [-0.15, -0.1) is 0 Å². The number of aliphatic imine (C=N–C) groups is 1. The van der Waals surface area contributed by atoms with Crippen LogP contribution in [0.1, 0.15) is 83.3 Å². The number of fused-ring (bicyclic) bond motifs is 6. The smallest absolute Gasteiger partial charge is 0.407 e. The number of nitrogens with zero attached hydrogens (tertiary/aromatic N) is 4. The Balaban J connectivity index is 1.01. The Labute approximate surface area is 355 Å². The van der Waals surface area contributed by atoms with Crippen molar-refractivity contribution >= 4 is 46.2 Å². The Morgan fingerprint density at radius 1 is 0.820 bits per heavy atom. The van der Waals surface area contributed by atoms with E-state index in [-0.39, 0.29) is 41.9 Å². The van der Waals surface area contributed by atoms with Crippen LogP contribution in [0.15, 0.2) is 53.7 Å². The zero-order valence-electron chi connectivity index (χ0n) is 36.0. The second-order valence-electron chi connectivity index (χ2n) is 17.0. The molecule has 3 N–H and O–H groups in total. The third-order valence-electron chi connectivity index (χ3n) is 13.0. The second kappa shape index (κ2) is 16.8. The van der Waals surface area contributed by atoms with Crippen LogP contribution >= 0.6 is 0 Å². The summed E-state index contributed by atoms with van der Waals surface area (Å²) in [6.07, 6.45) is 3.70. The third-order valence-corrected chi connectivity index (χ3v) is 13.0. The van der Waals surface area contributed by atoms with Crippen molar-refractivity contribution in [1.29, 1.82) is 0 Å². The van der Waals surface area contributed by atoms with Gasteiger partial charge in [0, 0.05) is 36.9 Å². The molecular formula is C46H55N7O8. The largest absolute Gasteiger partial charge is 0.488 e. The van der Waals surface area contributed by atoms with Gasteiger partial charge in [0.1, 0.15) is 30.3 Å². The van der Waals surface area contributed by atoms with E-state index in [2.05, 4.69) is 65.0 Å². The number of aromatic nitrogens is 2. The minimum atomic E-state index is -0.923. The number of rotatable bonds is 10. The molecule has 4 amide bonds. The molecule has 7 atom stereocenters. The number of methoxy groups -OCH3 is 3. The first-order chi connectivity index (χ1) is 29.3. The second-order valence-corrected chi connectivity index (χ2v) is 17.0. The first kappa shape index (κ1) is 41.8. The first-order valence-corrected chi connectivity index (χ1v) is 21.2. The van der Waals surface area contributed by atoms with Crippen LogP contribution in [0.4, 0.5) is 15.3 Å². The molecule has 0 radical (unpaired) electrons. The molecule has 322 valence electrons. The fraction of sp³-hybridized carbons (Fsp3) is 0.478. The summed E-state index contributed by atoms with van der Waals surface area (Å²) >= 11 is 0. The molecule has 5 heterocycles. The maximum absolute atomic E-state index is 14.0. The van der Waals surface area contributed by atoms with Crippen LogP contribution in [0.2, 0.25) is 0 Å². The molecule has 61 heavy (non-hydrogen) atoms. The number of amides is 4. The lowest BCUT2D eigenvalue weighted by Gasteiger charge is -2.33. The third kappa shape index (κ3) is 7.68. The molecule has 0 spiro atoms. The van der Waals surface area contributed by atoms with E-state index in [0.717, 1.165) is 87.1 Å². The van der Waals surface area contributed by atoms with Crippen molar-refractivity contribution in [2.75, 3.05) is 21.3 Å². The number of benzene rings is 3. The zero-order valence-corrected chi connectivity index (χ0v) is 36.0. The fourth-order valence-electron chi connectivity index (χ4n) is 9.57. The van der Waals surface area contributed by atoms with E-state index in [4.69, 9.17) is 28.9 Å². The number of carbonyl (C=O) groups is 4.